The predicted octanol–water partition coefficient (Wildman–Crippen LogP) is 9.94. The number of nitrogens with zero attached hydrogens (tertiary/aromatic N) is 4. The van der Waals surface area contributed by atoms with Gasteiger partial charge in [-0.2, -0.15) is 0 Å². The molecule has 0 aromatic heterocycles. The number of ether oxygens (including phenoxy) is 4. The van der Waals surface area contributed by atoms with Gasteiger partial charge in [-0.3, -0.25) is 29.1 Å². The molecule has 4 amide bonds. The highest BCUT2D eigenvalue weighted by atomic mass is 33.1. The van der Waals surface area contributed by atoms with E-state index in [0.29, 0.717) is 96.6 Å². The molecule has 16 nitrogen and oxygen atoms in total. The van der Waals surface area contributed by atoms with E-state index in [4.69, 9.17) is 28.8 Å². The highest BCUT2D eigenvalue weighted by Gasteiger charge is 2.39. The third-order valence-corrected chi connectivity index (χ3v) is 16.7. The summed E-state index contributed by atoms with van der Waals surface area (Å²) in [7, 11) is 6.49. The monoisotopic (exact) mass is 1040 g/mol. The zero-order chi connectivity index (χ0) is 51.8. The van der Waals surface area contributed by atoms with E-state index in [1.807, 2.05) is 77.8 Å². The highest BCUT2D eigenvalue weighted by molar-refractivity contribution is 8.77. The van der Waals surface area contributed by atoms with E-state index in [-0.39, 0.29) is 60.1 Å². The third kappa shape index (κ3) is 11.9. The van der Waals surface area contributed by atoms with Crippen molar-refractivity contribution in [2.75, 3.05) is 60.1 Å². The number of aliphatic imine (C=N–C) groups is 1. The first-order valence-electron chi connectivity index (χ1n) is 24.8. The molecule has 4 aliphatic rings. The lowest BCUT2D eigenvalue weighted by Gasteiger charge is -2.23. The molecule has 5 aromatic carbocycles. The van der Waals surface area contributed by atoms with E-state index in [9.17, 15) is 19.2 Å². The van der Waals surface area contributed by atoms with E-state index in [1.54, 1.807) is 51.8 Å². The van der Waals surface area contributed by atoms with Crippen molar-refractivity contribution >= 4 is 86.6 Å². The minimum absolute atomic E-state index is 0.00725. The molecule has 0 bridgehead atoms. The van der Waals surface area contributed by atoms with Gasteiger partial charge in [-0.1, -0.05) is 58.0 Å². The molecule has 0 radical (unpaired) electrons. The van der Waals surface area contributed by atoms with Gasteiger partial charge < -0.3 is 44.6 Å². The Morgan fingerprint density at radius 2 is 1.46 bits per heavy atom. The van der Waals surface area contributed by atoms with Crippen molar-refractivity contribution in [3.63, 3.8) is 0 Å². The van der Waals surface area contributed by atoms with Gasteiger partial charge in [0.2, 0.25) is 11.8 Å². The van der Waals surface area contributed by atoms with Crippen LogP contribution < -0.4 is 44.7 Å². The van der Waals surface area contributed by atoms with E-state index < -0.39 is 0 Å². The van der Waals surface area contributed by atoms with Crippen LogP contribution in [0.3, 0.4) is 0 Å². The van der Waals surface area contributed by atoms with Gasteiger partial charge in [0.25, 0.3) is 11.8 Å². The lowest BCUT2D eigenvalue weighted by Crippen LogP contribution is -2.39. The fourth-order valence-corrected chi connectivity index (χ4v) is 12.3. The number of oxime groups is 1. The van der Waals surface area contributed by atoms with Gasteiger partial charge >= 0.3 is 0 Å². The second-order valence-corrected chi connectivity index (χ2v) is 22.2. The first-order chi connectivity index (χ1) is 35.9. The second-order valence-electron chi connectivity index (χ2n) is 19.1. The number of anilines is 4. The molecule has 4 heterocycles. The number of amides is 4. The highest BCUT2D eigenvalue weighted by Crippen LogP contribution is 2.44. The van der Waals surface area contributed by atoms with Crippen LogP contribution in [-0.2, 0) is 40.5 Å². The summed E-state index contributed by atoms with van der Waals surface area (Å²) in [6.07, 6.45) is 5.99. The Morgan fingerprint density at radius 3 is 2.18 bits per heavy atom. The molecule has 0 spiro atoms. The SMILES string of the molecule is C=NOCCCNC(=O)CCCSSC(C)(C)CCC(=O)Nc1cc(COc2cc3c(cc2OC)C(=O)N2c4ccccc4C[C@H]2C=N3)cc(COc2cc3c(cc2OC)C(=O)N2c4ccccc4C[C@H]2CN3)c1. The zero-order valence-electron chi connectivity index (χ0n) is 42.1. The van der Waals surface area contributed by atoms with Crippen LogP contribution >= 0.6 is 21.6 Å². The minimum atomic E-state index is -0.215. The molecule has 0 aliphatic carbocycles. The number of nitrogens with one attached hydrogen (secondary N) is 3. The average Bonchev–Trinajstić information content (AvgIpc) is 3.89. The molecule has 0 fully saturated rings. The summed E-state index contributed by atoms with van der Waals surface area (Å²) in [5.74, 6) is 2.01. The Labute approximate surface area is 439 Å². The Bertz CT molecular complexity index is 2970. The Kier molecular flexibility index (Phi) is 16.3. The van der Waals surface area contributed by atoms with Crippen molar-refractivity contribution < 1.29 is 43.0 Å². The van der Waals surface area contributed by atoms with E-state index in [1.165, 1.54) is 7.11 Å². The summed E-state index contributed by atoms with van der Waals surface area (Å²) < 4.78 is 24.4. The van der Waals surface area contributed by atoms with Crippen molar-refractivity contribution in [2.45, 2.75) is 88.8 Å². The maximum absolute atomic E-state index is 14.1. The van der Waals surface area contributed by atoms with Crippen LogP contribution in [0.5, 0.6) is 23.0 Å². The number of para-hydroxylation sites is 2. The molecule has 4 aliphatic heterocycles. The fraction of sp³-hybridized carbons (Fsp3) is 0.357. The molecule has 0 unspecified atom stereocenters. The third-order valence-electron chi connectivity index (χ3n) is 13.3. The fourth-order valence-electron chi connectivity index (χ4n) is 9.61. The van der Waals surface area contributed by atoms with Gasteiger partial charge in [0.05, 0.1) is 48.8 Å². The van der Waals surface area contributed by atoms with Crippen LogP contribution in [0, 0.1) is 0 Å². The summed E-state index contributed by atoms with van der Waals surface area (Å²) in [4.78, 5) is 67.4. The van der Waals surface area contributed by atoms with Crippen LogP contribution in [0.25, 0.3) is 0 Å². The molecule has 0 saturated heterocycles. The van der Waals surface area contributed by atoms with Gasteiger partial charge in [-0.25, -0.2) is 0 Å². The average molecular weight is 1040 g/mol. The first-order valence-corrected chi connectivity index (χ1v) is 27.1. The van der Waals surface area contributed by atoms with Gasteiger partial charge in [0, 0.05) is 91.4 Å². The first kappa shape index (κ1) is 51.7. The van der Waals surface area contributed by atoms with Gasteiger partial charge in [-0.05, 0) is 97.8 Å². The summed E-state index contributed by atoms with van der Waals surface area (Å²) in [5.41, 5.74) is 8.11. The second kappa shape index (κ2) is 23.4. The van der Waals surface area contributed by atoms with Gasteiger partial charge in [-0.15, -0.1) is 5.16 Å². The lowest BCUT2D eigenvalue weighted by atomic mass is 10.1. The summed E-state index contributed by atoms with van der Waals surface area (Å²) in [6.45, 7) is 9.18. The number of carbonyl (C=O) groups excluding carboxylic acids is 4. The molecule has 5 aromatic rings. The Hall–Kier alpha value is -7.18. The summed E-state index contributed by atoms with van der Waals surface area (Å²) >= 11 is 0. The number of hydrogen-bond acceptors (Lipinski definition) is 14. The van der Waals surface area contributed by atoms with Crippen LogP contribution in [0.4, 0.5) is 28.4 Å². The number of fused-ring (bicyclic) bond motifs is 8. The van der Waals surface area contributed by atoms with Crippen LogP contribution in [0.2, 0.25) is 0 Å². The van der Waals surface area contributed by atoms with Crippen LogP contribution in [-0.4, -0.2) is 93.1 Å². The van der Waals surface area contributed by atoms with Crippen LogP contribution in [0.1, 0.15) is 88.9 Å². The molecule has 74 heavy (non-hydrogen) atoms. The maximum atomic E-state index is 14.1. The number of benzene rings is 5. The standard InChI is InChI=1S/C56H61N7O9S2/c1-56(2,74-73-21-10-16-52(64)58-19-11-20-72-57-3)18-17-53(65)61-39-23-35(33-70-50-29-44-42(27-48(50)68-4)54(66)62-40(31-59-44)25-37-12-6-8-14-46(37)62)22-36(24-39)34-71-51-30-45-43(28-49(51)69-5)55(67)63-41(32-60-45)26-38-13-7-9-15-47(38)63/h6-9,12-15,22-24,27-31,40-41,60H,3,10-11,16-21,25-26,32-34H2,1-2,4-5H3,(H,58,64)(H,61,65)/t40-,41-/m0/s1. The van der Waals surface area contributed by atoms with E-state index in [0.717, 1.165) is 52.2 Å². The molecule has 3 N–H and O–H groups in total. The number of carbonyl (C=O) groups is 4. The molecule has 386 valence electrons. The van der Waals surface area contributed by atoms with Crippen molar-refractivity contribution in [3.8, 4) is 23.0 Å². The van der Waals surface area contributed by atoms with E-state index >= 15 is 0 Å². The van der Waals surface area contributed by atoms with Crippen molar-refractivity contribution in [1.82, 2.24) is 5.32 Å². The number of rotatable bonds is 23. The minimum Gasteiger partial charge on any atom is -0.493 e. The predicted molar refractivity (Wildman–Crippen MR) is 294 cm³/mol. The van der Waals surface area contributed by atoms with Crippen molar-refractivity contribution in [1.29, 1.82) is 0 Å². The van der Waals surface area contributed by atoms with Crippen LogP contribution in [0.15, 0.2) is 101 Å². The van der Waals surface area contributed by atoms with Crippen molar-refractivity contribution in [2.24, 2.45) is 10.1 Å². The molecule has 2 atom stereocenters. The van der Waals surface area contributed by atoms with Crippen molar-refractivity contribution in [3.05, 3.63) is 124 Å². The normalized spacial score (nSPS) is 16.0. The zero-order valence-corrected chi connectivity index (χ0v) is 43.7. The lowest BCUT2D eigenvalue weighted by molar-refractivity contribution is -0.121. The summed E-state index contributed by atoms with van der Waals surface area (Å²) in [6, 6.07) is 28.3. The Morgan fingerprint density at radius 1 is 0.797 bits per heavy atom. The van der Waals surface area contributed by atoms with E-state index in [2.05, 4.69) is 47.7 Å². The quantitative estimate of drug-likeness (QED) is 0.0244. The number of methoxy groups -OCH3 is 2. The molecule has 0 saturated carbocycles. The number of hydrogen-bond donors (Lipinski definition) is 3. The molecular weight excluding hydrogens is 979 g/mol. The largest absolute Gasteiger partial charge is 0.493 e. The Balaban J connectivity index is 0.891. The molecule has 9 rings (SSSR count). The summed E-state index contributed by atoms with van der Waals surface area (Å²) in [5, 5.41) is 12.9. The molecule has 18 heteroatoms. The maximum Gasteiger partial charge on any atom is 0.261 e. The van der Waals surface area contributed by atoms with Gasteiger partial charge in [0.15, 0.2) is 23.0 Å². The molecular formula is C56H61N7O9S2. The smallest absolute Gasteiger partial charge is 0.261 e. The van der Waals surface area contributed by atoms with Gasteiger partial charge in [0.1, 0.15) is 19.8 Å². The topological polar surface area (TPSA) is 182 Å².